The molecular formula is C23H26IN9O2. The standard InChI is InChI=1S/C23H26IN9O2/c1-3-35-17-10-15(4-5-16(17)24)31-8-9-32(14(2)11-31)18(34)12-33-23-19(21(25)28-13-29-23)20(30-33)22-26-6-7-27-22/h4-7,10,13-14H,3,8-9,11-12H2,1-2H3,(H,26,27)(H2,25,28,29)/t14-/m0/s1. The Labute approximate surface area is 215 Å². The fourth-order valence-corrected chi connectivity index (χ4v) is 4.93. The number of piperazine rings is 1. The number of carbonyl (C=O) groups excluding carboxylic acids is 1. The topological polar surface area (TPSA) is 131 Å². The second-order valence-corrected chi connectivity index (χ2v) is 9.49. The average molecular weight is 587 g/mol. The second-order valence-electron chi connectivity index (χ2n) is 8.33. The zero-order chi connectivity index (χ0) is 24.5. The molecule has 0 aliphatic carbocycles. The third-order valence-electron chi connectivity index (χ3n) is 6.09. The Hall–Kier alpha value is -3.42. The van der Waals surface area contributed by atoms with E-state index in [9.17, 15) is 4.79 Å². The molecule has 4 aromatic rings. The maximum atomic E-state index is 13.4. The van der Waals surface area contributed by atoms with Crippen LogP contribution in [-0.2, 0) is 11.3 Å². The van der Waals surface area contributed by atoms with E-state index in [0.29, 0.717) is 41.5 Å². The number of hydrogen-bond donors (Lipinski definition) is 2. The fraction of sp³-hybridized carbons (Fsp3) is 0.348. The smallest absolute Gasteiger partial charge is 0.244 e. The van der Waals surface area contributed by atoms with E-state index in [0.717, 1.165) is 28.1 Å². The molecule has 1 saturated heterocycles. The van der Waals surface area contributed by atoms with E-state index in [2.05, 4.69) is 77.6 Å². The van der Waals surface area contributed by atoms with Gasteiger partial charge in [0.05, 0.1) is 15.6 Å². The van der Waals surface area contributed by atoms with Crippen molar-refractivity contribution in [3.05, 3.63) is 40.5 Å². The van der Waals surface area contributed by atoms with Gasteiger partial charge in [0.15, 0.2) is 11.5 Å². The first kappa shape index (κ1) is 23.3. The van der Waals surface area contributed by atoms with Gasteiger partial charge in [-0.25, -0.2) is 19.6 Å². The van der Waals surface area contributed by atoms with Crippen LogP contribution in [-0.4, -0.2) is 72.8 Å². The van der Waals surface area contributed by atoms with Gasteiger partial charge in [-0.05, 0) is 48.6 Å². The van der Waals surface area contributed by atoms with Gasteiger partial charge < -0.3 is 25.3 Å². The monoisotopic (exact) mass is 587 g/mol. The summed E-state index contributed by atoms with van der Waals surface area (Å²) in [4.78, 5) is 33.3. The van der Waals surface area contributed by atoms with E-state index in [1.54, 1.807) is 17.1 Å². The van der Waals surface area contributed by atoms with Crippen LogP contribution in [0.1, 0.15) is 13.8 Å². The number of nitrogens with two attached hydrogens (primary N) is 1. The lowest BCUT2D eigenvalue weighted by Gasteiger charge is -2.41. The highest BCUT2D eigenvalue weighted by molar-refractivity contribution is 14.1. The highest BCUT2D eigenvalue weighted by Gasteiger charge is 2.29. The first-order valence-electron chi connectivity index (χ1n) is 11.4. The molecule has 1 aromatic carbocycles. The molecule has 1 atom stereocenters. The van der Waals surface area contributed by atoms with Gasteiger partial charge in [0, 0.05) is 49.8 Å². The van der Waals surface area contributed by atoms with Crippen molar-refractivity contribution in [2.45, 2.75) is 26.4 Å². The highest BCUT2D eigenvalue weighted by Crippen LogP contribution is 2.30. The minimum Gasteiger partial charge on any atom is -0.493 e. The van der Waals surface area contributed by atoms with Crippen LogP contribution in [0.5, 0.6) is 5.75 Å². The number of nitrogens with one attached hydrogen (secondary N) is 1. The molecular weight excluding hydrogens is 561 g/mol. The first-order chi connectivity index (χ1) is 17.0. The number of nitrogen functional groups attached to an aromatic ring is 1. The summed E-state index contributed by atoms with van der Waals surface area (Å²) in [6.07, 6.45) is 4.72. The van der Waals surface area contributed by atoms with Crippen LogP contribution < -0.4 is 15.4 Å². The van der Waals surface area contributed by atoms with Crippen LogP contribution in [0.25, 0.3) is 22.6 Å². The molecule has 1 amide bonds. The van der Waals surface area contributed by atoms with Gasteiger partial charge in [-0.3, -0.25) is 4.79 Å². The minimum atomic E-state index is -0.0256. The lowest BCUT2D eigenvalue weighted by molar-refractivity contribution is -0.134. The van der Waals surface area contributed by atoms with E-state index < -0.39 is 0 Å². The van der Waals surface area contributed by atoms with Crippen LogP contribution in [0.4, 0.5) is 11.5 Å². The Kier molecular flexibility index (Phi) is 6.45. The summed E-state index contributed by atoms with van der Waals surface area (Å²) in [6.45, 7) is 6.79. The molecule has 3 N–H and O–H groups in total. The number of anilines is 2. The average Bonchev–Trinajstić information content (AvgIpc) is 3.50. The summed E-state index contributed by atoms with van der Waals surface area (Å²) >= 11 is 2.28. The quantitative estimate of drug-likeness (QED) is 0.329. The molecule has 1 aliphatic heterocycles. The second kappa shape index (κ2) is 9.68. The molecule has 12 heteroatoms. The number of rotatable bonds is 6. The molecule has 3 aromatic heterocycles. The van der Waals surface area contributed by atoms with Crippen LogP contribution in [0, 0.1) is 3.57 Å². The Morgan fingerprint density at radius 1 is 1.29 bits per heavy atom. The Morgan fingerprint density at radius 3 is 2.89 bits per heavy atom. The summed E-state index contributed by atoms with van der Waals surface area (Å²) in [5, 5.41) is 5.20. The van der Waals surface area contributed by atoms with Crippen molar-refractivity contribution in [1.82, 2.24) is 34.6 Å². The van der Waals surface area contributed by atoms with Crippen LogP contribution in [0.3, 0.4) is 0 Å². The summed E-state index contributed by atoms with van der Waals surface area (Å²) < 4.78 is 8.43. The Bertz CT molecular complexity index is 1350. The molecule has 11 nitrogen and oxygen atoms in total. The lowest BCUT2D eigenvalue weighted by Crippen LogP contribution is -2.54. The zero-order valence-electron chi connectivity index (χ0n) is 19.5. The van der Waals surface area contributed by atoms with Crippen molar-refractivity contribution in [3.63, 3.8) is 0 Å². The molecule has 0 spiro atoms. The van der Waals surface area contributed by atoms with Crippen molar-refractivity contribution in [2.75, 3.05) is 36.9 Å². The molecule has 182 valence electrons. The van der Waals surface area contributed by atoms with Gasteiger partial charge in [-0.1, -0.05) is 0 Å². The summed E-state index contributed by atoms with van der Waals surface area (Å²) in [5.74, 6) is 1.71. The predicted molar refractivity (Wildman–Crippen MR) is 141 cm³/mol. The van der Waals surface area contributed by atoms with Gasteiger partial charge in [0.25, 0.3) is 0 Å². The van der Waals surface area contributed by atoms with Crippen molar-refractivity contribution < 1.29 is 9.53 Å². The number of aromatic amines is 1. The van der Waals surface area contributed by atoms with Crippen molar-refractivity contribution >= 4 is 51.0 Å². The first-order valence-corrected chi connectivity index (χ1v) is 12.5. The van der Waals surface area contributed by atoms with Crippen molar-refractivity contribution in [1.29, 1.82) is 0 Å². The van der Waals surface area contributed by atoms with Crippen LogP contribution in [0.15, 0.2) is 36.9 Å². The number of hydrogen-bond acceptors (Lipinski definition) is 8. The molecule has 5 rings (SSSR count). The molecule has 1 aliphatic rings. The number of amides is 1. The summed E-state index contributed by atoms with van der Waals surface area (Å²) in [5.41, 5.74) is 8.25. The van der Waals surface area contributed by atoms with Crippen molar-refractivity contribution in [3.8, 4) is 17.3 Å². The molecule has 4 heterocycles. The Morgan fingerprint density at radius 2 is 2.14 bits per heavy atom. The van der Waals surface area contributed by atoms with E-state index in [1.807, 2.05) is 11.8 Å². The van der Waals surface area contributed by atoms with Crippen molar-refractivity contribution in [2.24, 2.45) is 0 Å². The third kappa shape index (κ3) is 4.49. The maximum absolute atomic E-state index is 13.4. The number of H-pyrrole nitrogens is 1. The van der Waals surface area contributed by atoms with Crippen LogP contribution >= 0.6 is 22.6 Å². The number of benzene rings is 1. The number of fused-ring (bicyclic) bond motifs is 1. The molecule has 0 unspecified atom stereocenters. The number of ether oxygens (including phenoxy) is 1. The molecule has 0 saturated carbocycles. The molecule has 1 fully saturated rings. The van der Waals surface area contributed by atoms with Crippen LogP contribution in [0.2, 0.25) is 0 Å². The summed E-state index contributed by atoms with van der Waals surface area (Å²) in [6, 6.07) is 6.27. The number of nitrogens with zero attached hydrogens (tertiary/aromatic N) is 7. The van der Waals surface area contributed by atoms with E-state index in [4.69, 9.17) is 10.5 Å². The minimum absolute atomic E-state index is 0.0251. The number of aromatic nitrogens is 6. The maximum Gasteiger partial charge on any atom is 0.244 e. The van der Waals surface area contributed by atoms with E-state index >= 15 is 0 Å². The van der Waals surface area contributed by atoms with Gasteiger partial charge in [-0.15, -0.1) is 0 Å². The van der Waals surface area contributed by atoms with E-state index in [-0.39, 0.29) is 18.5 Å². The highest BCUT2D eigenvalue weighted by atomic mass is 127. The lowest BCUT2D eigenvalue weighted by atomic mass is 10.1. The molecule has 0 radical (unpaired) electrons. The SMILES string of the molecule is CCOc1cc(N2CCN(C(=O)Cn3nc(-c4ncc[nH]4)c4c(N)ncnc43)[C@@H](C)C2)ccc1I. The molecule has 0 bridgehead atoms. The van der Waals surface area contributed by atoms with Gasteiger partial charge >= 0.3 is 0 Å². The number of halogens is 1. The number of imidazole rings is 1. The fourth-order valence-electron chi connectivity index (χ4n) is 4.44. The largest absolute Gasteiger partial charge is 0.493 e. The van der Waals surface area contributed by atoms with Gasteiger partial charge in [-0.2, -0.15) is 5.10 Å². The predicted octanol–water partition coefficient (Wildman–Crippen LogP) is 2.54. The zero-order valence-corrected chi connectivity index (χ0v) is 21.6. The van der Waals surface area contributed by atoms with Gasteiger partial charge in [0.2, 0.25) is 5.91 Å². The molecule has 35 heavy (non-hydrogen) atoms. The van der Waals surface area contributed by atoms with E-state index in [1.165, 1.54) is 6.33 Å². The summed E-state index contributed by atoms with van der Waals surface area (Å²) in [7, 11) is 0. The normalized spacial score (nSPS) is 16.1. The third-order valence-corrected chi connectivity index (χ3v) is 6.98. The van der Waals surface area contributed by atoms with Gasteiger partial charge in [0.1, 0.15) is 30.1 Å². The number of carbonyl (C=O) groups is 1. The Balaban J connectivity index is 1.34.